The number of hydrogen-bond acceptors (Lipinski definition) is 6. The number of carbonyl (C=O) groups excluding carboxylic acids is 2. The maximum Gasteiger partial charge on any atom is 0.338 e. The lowest BCUT2D eigenvalue weighted by atomic mass is 10.1. The fourth-order valence-electron chi connectivity index (χ4n) is 3.25. The lowest BCUT2D eigenvalue weighted by Gasteiger charge is -2.36. The number of benzene rings is 2. The van der Waals surface area contributed by atoms with Gasteiger partial charge >= 0.3 is 5.97 Å². The second kappa shape index (κ2) is 8.72. The lowest BCUT2D eigenvalue weighted by molar-refractivity contribution is -0.384. The van der Waals surface area contributed by atoms with E-state index in [0.29, 0.717) is 31.7 Å². The molecule has 1 aliphatic rings. The Bertz CT molecular complexity index is 918. The minimum atomic E-state index is -0.496. The Labute approximate surface area is 168 Å². The first-order valence-electron chi connectivity index (χ1n) is 9.36. The van der Waals surface area contributed by atoms with Gasteiger partial charge in [0.15, 0.2) is 6.61 Å². The average molecular weight is 397 g/mol. The van der Waals surface area contributed by atoms with E-state index in [9.17, 15) is 19.7 Å². The van der Waals surface area contributed by atoms with Crippen LogP contribution in [0.4, 0.5) is 11.4 Å². The number of ether oxygens (including phenoxy) is 1. The Morgan fingerprint density at radius 2 is 1.69 bits per heavy atom. The normalized spacial score (nSPS) is 13.9. The van der Waals surface area contributed by atoms with Crippen molar-refractivity contribution in [2.45, 2.75) is 13.8 Å². The monoisotopic (exact) mass is 397 g/mol. The van der Waals surface area contributed by atoms with Crippen LogP contribution >= 0.6 is 0 Å². The van der Waals surface area contributed by atoms with Gasteiger partial charge in [0, 0.05) is 44.0 Å². The Balaban J connectivity index is 1.50. The topological polar surface area (TPSA) is 93.0 Å². The molecule has 8 heteroatoms. The highest BCUT2D eigenvalue weighted by molar-refractivity contribution is 5.92. The quantitative estimate of drug-likeness (QED) is 0.438. The van der Waals surface area contributed by atoms with Crippen molar-refractivity contribution in [3.8, 4) is 0 Å². The molecule has 0 spiro atoms. The number of rotatable bonds is 5. The van der Waals surface area contributed by atoms with Gasteiger partial charge in [-0.1, -0.05) is 17.7 Å². The van der Waals surface area contributed by atoms with Crippen LogP contribution < -0.4 is 4.90 Å². The van der Waals surface area contributed by atoms with Gasteiger partial charge in [0.1, 0.15) is 0 Å². The first-order chi connectivity index (χ1) is 13.8. The van der Waals surface area contributed by atoms with E-state index in [1.54, 1.807) is 23.1 Å². The number of hydrogen-bond donors (Lipinski definition) is 0. The molecule has 1 saturated heterocycles. The molecular weight excluding hydrogens is 374 g/mol. The minimum Gasteiger partial charge on any atom is -0.452 e. The van der Waals surface area contributed by atoms with Crippen LogP contribution in [0.2, 0.25) is 0 Å². The summed E-state index contributed by atoms with van der Waals surface area (Å²) in [5.74, 6) is -0.726. The molecule has 0 saturated carbocycles. The molecule has 1 fully saturated rings. The van der Waals surface area contributed by atoms with Crippen molar-refractivity contribution in [2.75, 3.05) is 37.7 Å². The number of nitrogens with zero attached hydrogens (tertiary/aromatic N) is 3. The highest BCUT2D eigenvalue weighted by Gasteiger charge is 2.23. The van der Waals surface area contributed by atoms with Crippen molar-refractivity contribution in [2.24, 2.45) is 0 Å². The number of amides is 1. The molecule has 0 atom stereocenters. The van der Waals surface area contributed by atoms with Crippen molar-refractivity contribution in [1.29, 1.82) is 0 Å². The maximum atomic E-state index is 12.4. The summed E-state index contributed by atoms with van der Waals surface area (Å²) in [6, 6.07) is 11.9. The number of esters is 1. The molecule has 2 aromatic carbocycles. The molecule has 2 aromatic rings. The maximum absolute atomic E-state index is 12.4. The van der Waals surface area contributed by atoms with Gasteiger partial charge in [0.05, 0.1) is 10.5 Å². The highest BCUT2D eigenvalue weighted by atomic mass is 16.6. The largest absolute Gasteiger partial charge is 0.452 e. The van der Waals surface area contributed by atoms with Gasteiger partial charge in [0.25, 0.3) is 11.6 Å². The SMILES string of the molecule is Cc1ccc(C)c(C(=O)OCC(=O)N2CCN(c3ccc([N+](=O)[O-])cc3)CC2)c1. The van der Waals surface area contributed by atoms with Crippen molar-refractivity contribution >= 4 is 23.3 Å². The van der Waals surface area contributed by atoms with E-state index >= 15 is 0 Å². The van der Waals surface area contributed by atoms with E-state index in [1.165, 1.54) is 12.1 Å². The van der Waals surface area contributed by atoms with Gasteiger partial charge in [-0.25, -0.2) is 4.79 Å². The molecule has 0 unspecified atom stereocenters. The number of piperazine rings is 1. The highest BCUT2D eigenvalue weighted by Crippen LogP contribution is 2.20. The Hall–Kier alpha value is -3.42. The molecule has 0 bridgehead atoms. The molecule has 0 N–H and O–H groups in total. The second-order valence-corrected chi connectivity index (χ2v) is 7.04. The van der Waals surface area contributed by atoms with Crippen molar-refractivity contribution in [3.63, 3.8) is 0 Å². The van der Waals surface area contributed by atoms with Crippen LogP contribution in [0.1, 0.15) is 21.5 Å². The smallest absolute Gasteiger partial charge is 0.338 e. The van der Waals surface area contributed by atoms with Crippen LogP contribution in [0.5, 0.6) is 0 Å². The van der Waals surface area contributed by atoms with Crippen LogP contribution in [0, 0.1) is 24.0 Å². The summed E-state index contributed by atoms with van der Waals surface area (Å²) in [5.41, 5.74) is 3.17. The fourth-order valence-corrected chi connectivity index (χ4v) is 3.25. The Kier molecular flexibility index (Phi) is 6.11. The van der Waals surface area contributed by atoms with Crippen molar-refractivity contribution in [1.82, 2.24) is 4.90 Å². The zero-order valence-corrected chi connectivity index (χ0v) is 16.5. The number of nitro benzene ring substituents is 1. The fraction of sp³-hybridized carbons (Fsp3) is 0.333. The van der Waals surface area contributed by atoms with Gasteiger partial charge in [0.2, 0.25) is 0 Å². The summed E-state index contributed by atoms with van der Waals surface area (Å²) < 4.78 is 5.22. The first kappa shape index (κ1) is 20.3. The summed E-state index contributed by atoms with van der Waals surface area (Å²) in [6.07, 6.45) is 0. The molecular formula is C21H23N3O5. The molecule has 152 valence electrons. The molecule has 1 amide bonds. The minimum absolute atomic E-state index is 0.0493. The van der Waals surface area contributed by atoms with E-state index in [1.807, 2.05) is 26.0 Å². The van der Waals surface area contributed by atoms with E-state index in [4.69, 9.17) is 4.74 Å². The average Bonchev–Trinajstić information content (AvgIpc) is 2.73. The third kappa shape index (κ3) is 4.90. The number of nitro groups is 1. The van der Waals surface area contributed by atoms with E-state index < -0.39 is 10.9 Å². The van der Waals surface area contributed by atoms with Gasteiger partial charge in [-0.2, -0.15) is 0 Å². The molecule has 0 aromatic heterocycles. The molecule has 0 aliphatic carbocycles. The van der Waals surface area contributed by atoms with Crippen molar-refractivity contribution < 1.29 is 19.2 Å². The summed E-state index contributed by atoms with van der Waals surface area (Å²) in [5, 5.41) is 10.8. The Morgan fingerprint density at radius 3 is 2.31 bits per heavy atom. The van der Waals surface area contributed by atoms with Crippen LogP contribution in [-0.2, 0) is 9.53 Å². The standard InChI is InChI=1S/C21H23N3O5/c1-15-3-4-16(2)19(13-15)21(26)29-14-20(25)23-11-9-22(10-12-23)17-5-7-18(8-6-17)24(27)28/h3-8,13H,9-12,14H2,1-2H3. The second-order valence-electron chi connectivity index (χ2n) is 7.04. The predicted molar refractivity (Wildman–Crippen MR) is 108 cm³/mol. The molecule has 0 radical (unpaired) electrons. The van der Waals surface area contributed by atoms with E-state index in [0.717, 1.165) is 16.8 Å². The van der Waals surface area contributed by atoms with Gasteiger partial charge in [-0.3, -0.25) is 14.9 Å². The molecule has 1 heterocycles. The van der Waals surface area contributed by atoms with Crippen LogP contribution in [0.15, 0.2) is 42.5 Å². The Morgan fingerprint density at radius 1 is 1.03 bits per heavy atom. The molecule has 1 aliphatic heterocycles. The summed E-state index contributed by atoms with van der Waals surface area (Å²) in [6.45, 7) is 5.64. The van der Waals surface area contributed by atoms with E-state index in [2.05, 4.69) is 4.90 Å². The van der Waals surface area contributed by atoms with Gasteiger partial charge in [-0.05, 0) is 37.6 Å². The first-order valence-corrected chi connectivity index (χ1v) is 9.36. The number of anilines is 1. The van der Waals surface area contributed by atoms with Gasteiger partial charge < -0.3 is 14.5 Å². The lowest BCUT2D eigenvalue weighted by Crippen LogP contribution is -2.49. The predicted octanol–water partition coefficient (Wildman–Crippen LogP) is 2.72. The van der Waals surface area contributed by atoms with E-state index in [-0.39, 0.29) is 18.2 Å². The van der Waals surface area contributed by atoms with Crippen LogP contribution in [0.3, 0.4) is 0 Å². The van der Waals surface area contributed by atoms with Gasteiger partial charge in [-0.15, -0.1) is 0 Å². The van der Waals surface area contributed by atoms with Crippen molar-refractivity contribution in [3.05, 3.63) is 69.3 Å². The number of carbonyl (C=O) groups is 2. The number of non-ortho nitro benzene ring substituents is 1. The molecule has 29 heavy (non-hydrogen) atoms. The van der Waals surface area contributed by atoms with Crippen LogP contribution in [-0.4, -0.2) is 54.5 Å². The van der Waals surface area contributed by atoms with Crippen LogP contribution in [0.25, 0.3) is 0 Å². The number of aryl methyl sites for hydroxylation is 2. The zero-order valence-electron chi connectivity index (χ0n) is 16.5. The summed E-state index contributed by atoms with van der Waals surface area (Å²) >= 11 is 0. The zero-order chi connectivity index (χ0) is 21.0. The molecule has 3 rings (SSSR count). The third-order valence-corrected chi connectivity index (χ3v) is 5.00. The third-order valence-electron chi connectivity index (χ3n) is 5.00. The molecule has 8 nitrogen and oxygen atoms in total. The summed E-state index contributed by atoms with van der Waals surface area (Å²) in [4.78, 5) is 38.7. The summed E-state index contributed by atoms with van der Waals surface area (Å²) in [7, 11) is 0.